The first-order valence-electron chi connectivity index (χ1n) is 7.54. The summed E-state index contributed by atoms with van der Waals surface area (Å²) in [6.07, 6.45) is 3.42. The normalized spacial score (nSPS) is 11.0. The number of aromatic nitrogens is 1. The molecule has 2 N–H and O–H groups in total. The molecule has 2 heterocycles. The van der Waals surface area contributed by atoms with E-state index in [2.05, 4.69) is 36.5 Å². The molecule has 2 aromatic rings. The van der Waals surface area contributed by atoms with Crippen molar-refractivity contribution in [2.24, 2.45) is 4.99 Å². The molecule has 2 aromatic heterocycles. The molecule has 0 saturated carbocycles. The van der Waals surface area contributed by atoms with Crippen molar-refractivity contribution in [1.82, 2.24) is 15.6 Å². The van der Waals surface area contributed by atoms with Crippen molar-refractivity contribution in [3.8, 4) is 0 Å². The van der Waals surface area contributed by atoms with Gasteiger partial charge in [0.25, 0.3) is 0 Å². The third-order valence-electron chi connectivity index (χ3n) is 3.10. The van der Waals surface area contributed by atoms with Gasteiger partial charge in [-0.25, -0.2) is 4.98 Å². The molecule has 8 heteroatoms. The van der Waals surface area contributed by atoms with Gasteiger partial charge in [0.2, 0.25) is 0 Å². The molecule has 0 radical (unpaired) electrons. The van der Waals surface area contributed by atoms with Gasteiger partial charge in [-0.2, -0.15) is 0 Å². The molecule has 132 valence electrons. The molecule has 24 heavy (non-hydrogen) atoms. The molecule has 0 fully saturated rings. The second kappa shape index (κ2) is 11.7. The highest BCUT2D eigenvalue weighted by molar-refractivity contribution is 14.0. The zero-order valence-electron chi connectivity index (χ0n) is 13.4. The predicted octanol–water partition coefficient (Wildman–Crippen LogP) is 4.05. The topological polar surface area (TPSA) is 62.5 Å². The van der Waals surface area contributed by atoms with Gasteiger partial charge in [0.1, 0.15) is 10.9 Å². The van der Waals surface area contributed by atoms with Crippen molar-refractivity contribution in [2.75, 3.05) is 19.6 Å². The molecule has 0 aliphatic carbocycles. The van der Waals surface area contributed by atoms with Gasteiger partial charge in [-0.1, -0.05) is 17.7 Å². The van der Waals surface area contributed by atoms with Crippen LogP contribution in [0.1, 0.15) is 18.2 Å². The molecular formula is C16H21BrClIN4O. The van der Waals surface area contributed by atoms with Crippen LogP contribution in [0.3, 0.4) is 0 Å². The lowest BCUT2D eigenvalue weighted by Gasteiger charge is -2.11. The van der Waals surface area contributed by atoms with Gasteiger partial charge in [0, 0.05) is 32.3 Å². The minimum atomic E-state index is 0. The van der Waals surface area contributed by atoms with Crippen LogP contribution in [0.15, 0.2) is 44.5 Å². The van der Waals surface area contributed by atoms with Crippen molar-refractivity contribution < 1.29 is 4.42 Å². The zero-order valence-corrected chi connectivity index (χ0v) is 18.1. The minimum Gasteiger partial charge on any atom is -0.454 e. The first-order valence-corrected chi connectivity index (χ1v) is 8.71. The predicted molar refractivity (Wildman–Crippen MR) is 112 cm³/mol. The molecule has 0 aliphatic rings. The minimum absolute atomic E-state index is 0. The van der Waals surface area contributed by atoms with Gasteiger partial charge in [-0.05, 0) is 53.0 Å². The molecule has 0 saturated heterocycles. The van der Waals surface area contributed by atoms with Crippen molar-refractivity contribution in [3.63, 3.8) is 0 Å². The number of nitrogens with one attached hydrogen (secondary N) is 2. The van der Waals surface area contributed by atoms with Crippen LogP contribution in [0, 0.1) is 0 Å². The number of furan rings is 1. The van der Waals surface area contributed by atoms with E-state index in [0.29, 0.717) is 11.7 Å². The first kappa shape index (κ1) is 21.2. The van der Waals surface area contributed by atoms with Crippen LogP contribution in [0.25, 0.3) is 0 Å². The number of nitrogens with zero attached hydrogens (tertiary/aromatic N) is 2. The summed E-state index contributed by atoms with van der Waals surface area (Å²) in [6.45, 7) is 4.31. The summed E-state index contributed by atoms with van der Waals surface area (Å²) in [6, 6.07) is 7.63. The first-order chi connectivity index (χ1) is 11.2. The Balaban J connectivity index is 0.00000288. The lowest BCUT2D eigenvalue weighted by molar-refractivity contribution is 0.489. The van der Waals surface area contributed by atoms with Crippen molar-refractivity contribution in [2.45, 2.75) is 19.8 Å². The van der Waals surface area contributed by atoms with E-state index >= 15 is 0 Å². The summed E-state index contributed by atoms with van der Waals surface area (Å²) in [5.74, 6) is 1.73. The van der Waals surface area contributed by atoms with E-state index in [-0.39, 0.29) is 24.0 Å². The second-order valence-electron chi connectivity index (χ2n) is 4.88. The molecular weight excluding hydrogens is 506 g/mol. The maximum Gasteiger partial charge on any atom is 0.191 e. The van der Waals surface area contributed by atoms with Crippen molar-refractivity contribution in [1.29, 1.82) is 0 Å². The number of guanidine groups is 1. The van der Waals surface area contributed by atoms with Gasteiger partial charge in [-0.15, -0.1) is 24.0 Å². The standard InChI is InChI=1S/C16H20BrClN4O.HI/c1-2-19-16(21-10-8-13-4-5-14(17)23-13)20-9-7-12-3-6-15(18)22-11-12;/h3-6,11H,2,7-10H2,1H3,(H2,19,20,21);1H. The summed E-state index contributed by atoms with van der Waals surface area (Å²) >= 11 is 9.08. The smallest absolute Gasteiger partial charge is 0.191 e. The summed E-state index contributed by atoms with van der Waals surface area (Å²) in [7, 11) is 0. The fraction of sp³-hybridized carbons (Fsp3) is 0.375. The van der Waals surface area contributed by atoms with E-state index in [1.165, 1.54) is 0 Å². The van der Waals surface area contributed by atoms with Gasteiger partial charge in [-0.3, -0.25) is 4.99 Å². The average Bonchev–Trinajstić information content (AvgIpc) is 2.95. The maximum atomic E-state index is 5.78. The van der Waals surface area contributed by atoms with Gasteiger partial charge < -0.3 is 15.1 Å². The number of hydrogen-bond donors (Lipinski definition) is 2. The monoisotopic (exact) mass is 526 g/mol. The highest BCUT2D eigenvalue weighted by atomic mass is 127. The number of aliphatic imine (C=N–C) groups is 1. The Morgan fingerprint density at radius 1 is 1.25 bits per heavy atom. The van der Waals surface area contributed by atoms with E-state index in [9.17, 15) is 0 Å². The Kier molecular flexibility index (Phi) is 10.4. The van der Waals surface area contributed by atoms with Crippen LogP contribution in [-0.2, 0) is 12.8 Å². The van der Waals surface area contributed by atoms with E-state index in [1.807, 2.05) is 25.1 Å². The Hall–Kier alpha value is -0.800. The third-order valence-corrected chi connectivity index (χ3v) is 3.75. The fourth-order valence-corrected chi connectivity index (χ4v) is 2.44. The second-order valence-corrected chi connectivity index (χ2v) is 6.05. The van der Waals surface area contributed by atoms with Crippen LogP contribution >= 0.6 is 51.5 Å². The SMILES string of the molecule is CCNC(=NCCc1ccc(Br)o1)NCCc1ccc(Cl)nc1.I. The van der Waals surface area contributed by atoms with E-state index < -0.39 is 0 Å². The molecule has 0 bridgehead atoms. The van der Waals surface area contributed by atoms with Gasteiger partial charge in [0.15, 0.2) is 10.6 Å². The Morgan fingerprint density at radius 2 is 2.08 bits per heavy atom. The largest absolute Gasteiger partial charge is 0.454 e. The Labute approximate surface area is 172 Å². The van der Waals surface area contributed by atoms with Crippen molar-refractivity contribution >= 4 is 57.5 Å². The van der Waals surface area contributed by atoms with Crippen LogP contribution in [0.4, 0.5) is 0 Å². The summed E-state index contributed by atoms with van der Waals surface area (Å²) in [5.41, 5.74) is 1.14. The highest BCUT2D eigenvalue weighted by Gasteiger charge is 2.01. The van der Waals surface area contributed by atoms with Crippen LogP contribution in [-0.4, -0.2) is 30.6 Å². The number of pyridine rings is 1. The average molecular weight is 528 g/mol. The maximum absolute atomic E-state index is 5.78. The molecule has 0 spiro atoms. The number of halogens is 3. The van der Waals surface area contributed by atoms with Crippen molar-refractivity contribution in [3.05, 3.63) is 51.6 Å². The molecule has 5 nitrogen and oxygen atoms in total. The van der Waals surface area contributed by atoms with Gasteiger partial charge in [0.05, 0.1) is 0 Å². The third kappa shape index (κ3) is 7.85. The molecule has 0 amide bonds. The molecule has 0 unspecified atom stereocenters. The van der Waals surface area contributed by atoms with Crippen LogP contribution in [0.2, 0.25) is 5.15 Å². The number of rotatable bonds is 7. The molecule has 0 atom stereocenters. The summed E-state index contributed by atoms with van der Waals surface area (Å²) in [5, 5.41) is 7.06. The zero-order chi connectivity index (χ0) is 16.5. The Bertz CT molecular complexity index is 633. The van der Waals surface area contributed by atoms with E-state index in [1.54, 1.807) is 12.3 Å². The summed E-state index contributed by atoms with van der Waals surface area (Å²) < 4.78 is 6.21. The van der Waals surface area contributed by atoms with Crippen LogP contribution < -0.4 is 10.6 Å². The summed E-state index contributed by atoms with van der Waals surface area (Å²) in [4.78, 5) is 8.62. The molecule has 0 aliphatic heterocycles. The quantitative estimate of drug-likeness (QED) is 0.247. The van der Waals surface area contributed by atoms with Crippen LogP contribution in [0.5, 0.6) is 0 Å². The number of hydrogen-bond acceptors (Lipinski definition) is 3. The lowest BCUT2D eigenvalue weighted by Crippen LogP contribution is -2.38. The highest BCUT2D eigenvalue weighted by Crippen LogP contribution is 2.14. The molecule has 0 aromatic carbocycles. The Morgan fingerprint density at radius 3 is 2.71 bits per heavy atom. The van der Waals surface area contributed by atoms with E-state index in [4.69, 9.17) is 16.0 Å². The lowest BCUT2D eigenvalue weighted by atomic mass is 10.2. The van der Waals surface area contributed by atoms with E-state index in [0.717, 1.165) is 47.9 Å². The van der Waals surface area contributed by atoms with Gasteiger partial charge >= 0.3 is 0 Å². The molecule has 2 rings (SSSR count). The fourth-order valence-electron chi connectivity index (χ4n) is 1.99.